The van der Waals surface area contributed by atoms with Gasteiger partial charge < -0.3 is 0 Å². The largest absolute Gasteiger partial charge is 0.416 e. The van der Waals surface area contributed by atoms with E-state index < -0.39 is 11.7 Å². The fourth-order valence-electron chi connectivity index (χ4n) is 3.64. The average molecular weight is 314 g/mol. The standard InChI is InChI=1S/C20H17F3/c21-20(22,23)16-10-7-14(8-11-16)18-12-9-13-3-1-2-4-17(13)19(18)15-5-6-15/h1-4,7-8,10-11,18H,5-6,9,12H2/t18-/m0/s1. The summed E-state index contributed by atoms with van der Waals surface area (Å²) in [4.78, 5) is 0. The molecule has 0 saturated heterocycles. The maximum Gasteiger partial charge on any atom is 0.416 e. The van der Waals surface area contributed by atoms with Crippen LogP contribution in [0.1, 0.15) is 47.4 Å². The van der Waals surface area contributed by atoms with Crippen LogP contribution in [0.5, 0.6) is 0 Å². The van der Waals surface area contributed by atoms with E-state index in [4.69, 9.17) is 0 Å². The van der Waals surface area contributed by atoms with Crippen LogP contribution >= 0.6 is 0 Å². The van der Waals surface area contributed by atoms with Crippen LogP contribution in [-0.2, 0) is 12.6 Å². The molecule has 2 aliphatic rings. The predicted molar refractivity (Wildman–Crippen MR) is 85.1 cm³/mol. The van der Waals surface area contributed by atoms with E-state index in [2.05, 4.69) is 24.3 Å². The number of aryl methyl sites for hydroxylation is 1. The SMILES string of the molecule is FC(F)(F)c1ccc([C@@H]2CCc3ccccc3C2=C2CC2)cc1. The van der Waals surface area contributed by atoms with Crippen molar-refractivity contribution in [1.29, 1.82) is 0 Å². The van der Waals surface area contributed by atoms with E-state index in [1.54, 1.807) is 12.1 Å². The molecule has 1 atom stereocenters. The van der Waals surface area contributed by atoms with Crippen molar-refractivity contribution < 1.29 is 13.2 Å². The highest BCUT2D eigenvalue weighted by molar-refractivity contribution is 5.79. The Morgan fingerprint density at radius 1 is 0.826 bits per heavy atom. The number of hydrogen-bond donors (Lipinski definition) is 0. The third kappa shape index (κ3) is 2.69. The number of alkyl halides is 3. The van der Waals surface area contributed by atoms with E-state index in [0.29, 0.717) is 0 Å². The van der Waals surface area contributed by atoms with Crippen molar-refractivity contribution in [1.82, 2.24) is 0 Å². The van der Waals surface area contributed by atoms with E-state index in [0.717, 1.165) is 31.2 Å². The topological polar surface area (TPSA) is 0 Å². The highest BCUT2D eigenvalue weighted by Crippen LogP contribution is 2.49. The van der Waals surface area contributed by atoms with Crippen LogP contribution in [0.25, 0.3) is 5.57 Å². The molecule has 0 aliphatic heterocycles. The monoisotopic (exact) mass is 314 g/mol. The Bertz CT molecular complexity index is 760. The molecule has 2 aromatic carbocycles. The zero-order valence-corrected chi connectivity index (χ0v) is 12.7. The number of rotatable bonds is 1. The van der Waals surface area contributed by atoms with Crippen LogP contribution < -0.4 is 0 Å². The van der Waals surface area contributed by atoms with Gasteiger partial charge in [0.15, 0.2) is 0 Å². The number of halogens is 3. The van der Waals surface area contributed by atoms with Gasteiger partial charge in [-0.15, -0.1) is 0 Å². The van der Waals surface area contributed by atoms with Gasteiger partial charge in [0.25, 0.3) is 0 Å². The normalized spacial score (nSPS) is 20.4. The van der Waals surface area contributed by atoms with Gasteiger partial charge in [-0.1, -0.05) is 42.0 Å². The first-order valence-electron chi connectivity index (χ1n) is 8.01. The molecule has 0 nitrogen and oxygen atoms in total. The Hall–Kier alpha value is -2.03. The Morgan fingerprint density at radius 2 is 1.52 bits per heavy atom. The van der Waals surface area contributed by atoms with Gasteiger partial charge in [-0.3, -0.25) is 0 Å². The molecule has 0 unspecified atom stereocenters. The van der Waals surface area contributed by atoms with Crippen LogP contribution in [0.3, 0.4) is 0 Å². The van der Waals surface area contributed by atoms with Crippen molar-refractivity contribution in [2.75, 3.05) is 0 Å². The van der Waals surface area contributed by atoms with Crippen molar-refractivity contribution >= 4 is 5.57 Å². The van der Waals surface area contributed by atoms with Gasteiger partial charge in [0.2, 0.25) is 0 Å². The summed E-state index contributed by atoms with van der Waals surface area (Å²) in [5.74, 6) is 0.227. The highest BCUT2D eigenvalue weighted by atomic mass is 19.4. The molecule has 4 rings (SSSR count). The highest BCUT2D eigenvalue weighted by Gasteiger charge is 2.33. The summed E-state index contributed by atoms with van der Waals surface area (Å²) in [6.07, 6.45) is -0.0586. The van der Waals surface area contributed by atoms with Crippen molar-refractivity contribution in [3.8, 4) is 0 Å². The van der Waals surface area contributed by atoms with Crippen LogP contribution in [-0.4, -0.2) is 0 Å². The first-order chi connectivity index (χ1) is 11.0. The van der Waals surface area contributed by atoms with Crippen molar-refractivity contribution in [2.45, 2.75) is 37.8 Å². The maximum atomic E-state index is 12.8. The first kappa shape index (κ1) is 14.6. The summed E-state index contributed by atoms with van der Waals surface area (Å²) in [7, 11) is 0. The van der Waals surface area contributed by atoms with E-state index >= 15 is 0 Å². The third-order valence-corrected chi connectivity index (χ3v) is 4.88. The van der Waals surface area contributed by atoms with Crippen LogP contribution in [0.4, 0.5) is 13.2 Å². The van der Waals surface area contributed by atoms with Crippen LogP contribution in [0, 0.1) is 0 Å². The van der Waals surface area contributed by atoms with Crippen LogP contribution in [0.2, 0.25) is 0 Å². The smallest absolute Gasteiger partial charge is 0.166 e. The lowest BCUT2D eigenvalue weighted by atomic mass is 9.75. The zero-order chi connectivity index (χ0) is 16.0. The van der Waals surface area contributed by atoms with Gasteiger partial charge in [-0.2, -0.15) is 13.2 Å². The lowest BCUT2D eigenvalue weighted by Crippen LogP contribution is -2.13. The molecule has 0 radical (unpaired) electrons. The number of benzene rings is 2. The number of allylic oxidation sites excluding steroid dienone is 2. The van der Waals surface area contributed by atoms with Crippen molar-refractivity contribution in [3.05, 3.63) is 76.4 Å². The summed E-state index contributed by atoms with van der Waals surface area (Å²) >= 11 is 0. The molecule has 23 heavy (non-hydrogen) atoms. The van der Waals surface area contributed by atoms with E-state index in [-0.39, 0.29) is 5.92 Å². The average Bonchev–Trinajstić information content (AvgIpc) is 3.38. The van der Waals surface area contributed by atoms with Gasteiger partial charge >= 0.3 is 6.18 Å². The van der Waals surface area contributed by atoms with E-state index in [1.165, 1.54) is 34.4 Å². The Morgan fingerprint density at radius 3 is 2.17 bits per heavy atom. The maximum absolute atomic E-state index is 12.8. The molecular formula is C20H17F3. The fourth-order valence-corrected chi connectivity index (χ4v) is 3.64. The second kappa shape index (κ2) is 5.26. The number of hydrogen-bond acceptors (Lipinski definition) is 0. The van der Waals surface area contributed by atoms with Gasteiger partial charge in [0, 0.05) is 5.92 Å². The lowest BCUT2D eigenvalue weighted by molar-refractivity contribution is -0.137. The minimum absolute atomic E-state index is 0.227. The molecule has 118 valence electrons. The van der Waals surface area contributed by atoms with Crippen molar-refractivity contribution in [2.24, 2.45) is 0 Å². The molecule has 1 fully saturated rings. The molecule has 1 saturated carbocycles. The first-order valence-corrected chi connectivity index (χ1v) is 8.01. The van der Waals surface area contributed by atoms with E-state index in [1.807, 2.05) is 0 Å². The van der Waals surface area contributed by atoms with Gasteiger partial charge in [-0.25, -0.2) is 0 Å². The minimum atomic E-state index is -4.27. The van der Waals surface area contributed by atoms with Crippen molar-refractivity contribution in [3.63, 3.8) is 0 Å². The summed E-state index contributed by atoms with van der Waals surface area (Å²) in [5, 5.41) is 0. The Balaban J connectivity index is 1.74. The summed E-state index contributed by atoms with van der Waals surface area (Å²) in [5.41, 5.74) is 5.94. The van der Waals surface area contributed by atoms with Gasteiger partial charge in [-0.05, 0) is 60.1 Å². The van der Waals surface area contributed by atoms with Gasteiger partial charge in [0.1, 0.15) is 0 Å². The molecule has 0 spiro atoms. The van der Waals surface area contributed by atoms with Gasteiger partial charge in [0.05, 0.1) is 5.56 Å². The predicted octanol–water partition coefficient (Wildman–Crippen LogP) is 5.98. The molecule has 3 heteroatoms. The Labute approximate surface area is 133 Å². The van der Waals surface area contributed by atoms with E-state index in [9.17, 15) is 13.2 Å². The molecule has 2 aliphatic carbocycles. The molecule has 2 aromatic rings. The Kier molecular flexibility index (Phi) is 3.33. The third-order valence-electron chi connectivity index (χ3n) is 4.88. The summed E-state index contributed by atoms with van der Waals surface area (Å²) < 4.78 is 38.3. The molecule has 0 bridgehead atoms. The second-order valence-electron chi connectivity index (χ2n) is 6.39. The minimum Gasteiger partial charge on any atom is -0.166 e. The second-order valence-corrected chi connectivity index (χ2v) is 6.39. The fraction of sp³-hybridized carbons (Fsp3) is 0.300. The van der Waals surface area contributed by atoms with Crippen LogP contribution in [0.15, 0.2) is 54.1 Å². The molecular weight excluding hydrogens is 297 g/mol. The molecule has 0 aromatic heterocycles. The molecule has 0 N–H and O–H groups in total. The molecule has 0 amide bonds. The summed E-state index contributed by atoms with van der Waals surface area (Å²) in [6.45, 7) is 0. The zero-order valence-electron chi connectivity index (χ0n) is 12.7. The number of fused-ring (bicyclic) bond motifs is 1. The molecule has 0 heterocycles. The quantitative estimate of drug-likeness (QED) is 0.607. The summed E-state index contributed by atoms with van der Waals surface area (Å²) in [6, 6.07) is 14.2. The lowest BCUT2D eigenvalue weighted by Gasteiger charge is -2.29.